The van der Waals surface area contributed by atoms with E-state index in [1.807, 2.05) is 42.5 Å². The fraction of sp³-hybridized carbons (Fsp3) is 0.333. The lowest BCUT2D eigenvalue weighted by Gasteiger charge is -2.32. The molecule has 0 aromatic heterocycles. The van der Waals surface area contributed by atoms with Crippen LogP contribution in [0.5, 0.6) is 0 Å². The first-order chi connectivity index (χ1) is 12.6. The minimum atomic E-state index is -0.322. The van der Waals surface area contributed by atoms with Crippen molar-refractivity contribution in [3.63, 3.8) is 0 Å². The van der Waals surface area contributed by atoms with E-state index in [4.69, 9.17) is 11.6 Å². The number of halogens is 1. The van der Waals surface area contributed by atoms with Crippen LogP contribution in [0.15, 0.2) is 48.5 Å². The summed E-state index contributed by atoms with van der Waals surface area (Å²) in [5.74, 6) is -0.0903. The van der Waals surface area contributed by atoms with Crippen molar-refractivity contribution < 1.29 is 9.59 Å². The van der Waals surface area contributed by atoms with Gasteiger partial charge in [0.1, 0.15) is 6.54 Å². The maximum absolute atomic E-state index is 13.3. The van der Waals surface area contributed by atoms with Crippen LogP contribution in [-0.4, -0.2) is 23.3 Å². The summed E-state index contributed by atoms with van der Waals surface area (Å²) in [5, 5.41) is 3.53. The molecule has 0 unspecified atom stereocenters. The van der Waals surface area contributed by atoms with Crippen molar-refractivity contribution in [2.75, 3.05) is 11.9 Å². The Hall–Kier alpha value is -2.33. The van der Waals surface area contributed by atoms with Crippen molar-refractivity contribution in [3.05, 3.63) is 64.7 Å². The first-order valence-electron chi connectivity index (χ1n) is 9.08. The molecule has 134 valence electrons. The van der Waals surface area contributed by atoms with Crippen LogP contribution >= 0.6 is 11.6 Å². The summed E-state index contributed by atoms with van der Waals surface area (Å²) in [7, 11) is 0. The molecule has 1 heterocycles. The number of hydrogen-bond acceptors (Lipinski definition) is 2. The van der Waals surface area contributed by atoms with Gasteiger partial charge in [-0.1, -0.05) is 54.8 Å². The molecule has 4 rings (SSSR count). The van der Waals surface area contributed by atoms with Gasteiger partial charge in [0.25, 0.3) is 0 Å². The van der Waals surface area contributed by atoms with Crippen LogP contribution in [0.25, 0.3) is 0 Å². The molecule has 2 aliphatic rings. The van der Waals surface area contributed by atoms with E-state index in [0.717, 1.165) is 42.5 Å². The molecule has 2 amide bonds. The van der Waals surface area contributed by atoms with Crippen molar-refractivity contribution >= 4 is 29.1 Å². The van der Waals surface area contributed by atoms with Gasteiger partial charge in [-0.25, -0.2) is 0 Å². The number of hydrogen-bond donors (Lipinski definition) is 1. The predicted molar refractivity (Wildman–Crippen MR) is 102 cm³/mol. The lowest BCUT2D eigenvalue weighted by Crippen LogP contribution is -2.41. The number of benzene rings is 2. The summed E-state index contributed by atoms with van der Waals surface area (Å²) in [4.78, 5) is 27.5. The number of fused-ring (bicyclic) bond motifs is 1. The van der Waals surface area contributed by atoms with Gasteiger partial charge in [0.2, 0.25) is 11.8 Å². The Kier molecular flexibility index (Phi) is 4.68. The molecule has 0 bridgehead atoms. The number of rotatable bonds is 2. The Morgan fingerprint density at radius 2 is 1.81 bits per heavy atom. The van der Waals surface area contributed by atoms with E-state index in [-0.39, 0.29) is 30.3 Å². The Morgan fingerprint density at radius 1 is 1.08 bits per heavy atom. The third-order valence-corrected chi connectivity index (χ3v) is 5.55. The molecule has 1 aliphatic carbocycles. The number of amides is 2. The van der Waals surface area contributed by atoms with Gasteiger partial charge in [0, 0.05) is 22.2 Å². The second kappa shape index (κ2) is 7.12. The molecule has 1 atom stereocenters. The second-order valence-electron chi connectivity index (χ2n) is 7.04. The van der Waals surface area contributed by atoms with Crippen LogP contribution in [0.4, 0.5) is 5.69 Å². The molecular formula is C21H21ClN2O2. The maximum atomic E-state index is 13.3. The summed E-state index contributed by atoms with van der Waals surface area (Å²) < 4.78 is 0. The third kappa shape index (κ3) is 3.21. The zero-order chi connectivity index (χ0) is 18.1. The van der Waals surface area contributed by atoms with Crippen molar-refractivity contribution in [1.29, 1.82) is 0 Å². The third-order valence-electron chi connectivity index (χ3n) is 5.31. The predicted octanol–water partition coefficient (Wildman–Crippen LogP) is 4.40. The first-order valence-corrected chi connectivity index (χ1v) is 9.46. The van der Waals surface area contributed by atoms with Crippen molar-refractivity contribution in [2.45, 2.75) is 31.7 Å². The molecule has 1 saturated carbocycles. The van der Waals surface area contributed by atoms with Gasteiger partial charge < -0.3 is 10.2 Å². The van der Waals surface area contributed by atoms with Crippen molar-refractivity contribution in [3.8, 4) is 0 Å². The minimum Gasteiger partial charge on any atom is -0.324 e. The standard InChI is InChI=1S/C21H21ClN2O2/c22-16-10-11-18-17(12-16)20(14-6-2-1-3-7-14)24(13-19(25)23-18)21(26)15-8-4-5-9-15/h1-3,6-7,10-12,15,20H,4-5,8-9,13H2,(H,23,25)/t20-/m0/s1. The Bertz CT molecular complexity index is 831. The monoisotopic (exact) mass is 368 g/mol. The lowest BCUT2D eigenvalue weighted by molar-refractivity contribution is -0.139. The number of nitrogens with one attached hydrogen (secondary N) is 1. The van der Waals surface area contributed by atoms with E-state index in [2.05, 4.69) is 5.32 Å². The SMILES string of the molecule is O=C1CN(C(=O)C2CCCC2)[C@@H](c2ccccc2)c2cc(Cl)ccc2N1. The fourth-order valence-electron chi connectivity index (χ4n) is 4.08. The summed E-state index contributed by atoms with van der Waals surface area (Å²) in [5.41, 5.74) is 2.56. The number of nitrogens with zero attached hydrogens (tertiary/aromatic N) is 1. The number of carbonyl (C=O) groups is 2. The lowest BCUT2D eigenvalue weighted by atomic mass is 9.94. The zero-order valence-corrected chi connectivity index (χ0v) is 15.2. The largest absolute Gasteiger partial charge is 0.324 e. The molecule has 4 nitrogen and oxygen atoms in total. The Balaban J connectivity index is 1.84. The van der Waals surface area contributed by atoms with Gasteiger partial charge in [0.05, 0.1) is 6.04 Å². The Morgan fingerprint density at radius 3 is 2.54 bits per heavy atom. The van der Waals surface area contributed by atoms with Gasteiger partial charge in [-0.15, -0.1) is 0 Å². The van der Waals surface area contributed by atoms with E-state index in [9.17, 15) is 9.59 Å². The average Bonchev–Trinajstić information content (AvgIpc) is 3.13. The molecule has 0 radical (unpaired) electrons. The fourth-order valence-corrected chi connectivity index (χ4v) is 4.27. The summed E-state index contributed by atoms with van der Waals surface area (Å²) in [6.45, 7) is 0.0567. The molecular weight excluding hydrogens is 348 g/mol. The van der Waals surface area contributed by atoms with Crippen molar-refractivity contribution in [2.24, 2.45) is 5.92 Å². The quantitative estimate of drug-likeness (QED) is 0.854. The van der Waals surface area contributed by atoms with Crippen LogP contribution in [0.1, 0.15) is 42.9 Å². The van der Waals surface area contributed by atoms with Gasteiger partial charge in [-0.05, 0) is 36.6 Å². The molecule has 1 fully saturated rings. The molecule has 0 spiro atoms. The van der Waals surface area contributed by atoms with Crippen LogP contribution in [0.3, 0.4) is 0 Å². The molecule has 2 aromatic rings. The number of carbonyl (C=O) groups excluding carboxylic acids is 2. The van der Waals surface area contributed by atoms with Crippen molar-refractivity contribution in [1.82, 2.24) is 4.90 Å². The average molecular weight is 369 g/mol. The van der Waals surface area contributed by atoms with Crippen LogP contribution in [0, 0.1) is 5.92 Å². The van der Waals surface area contributed by atoms with Gasteiger partial charge in [-0.3, -0.25) is 9.59 Å². The Labute approximate surface area is 158 Å². The minimum absolute atomic E-state index is 0.00902. The molecule has 5 heteroatoms. The molecule has 0 saturated heterocycles. The van der Waals surface area contributed by atoms with E-state index in [1.165, 1.54) is 0 Å². The highest BCUT2D eigenvalue weighted by Crippen LogP contribution is 2.39. The summed E-state index contributed by atoms with van der Waals surface area (Å²) in [6.07, 6.45) is 3.96. The van der Waals surface area contributed by atoms with Gasteiger partial charge in [-0.2, -0.15) is 0 Å². The van der Waals surface area contributed by atoms with Crippen LogP contribution in [0.2, 0.25) is 5.02 Å². The first kappa shape index (κ1) is 17.1. The molecule has 26 heavy (non-hydrogen) atoms. The van der Waals surface area contributed by atoms with E-state index in [1.54, 1.807) is 11.0 Å². The molecule has 2 aromatic carbocycles. The van der Waals surface area contributed by atoms with E-state index < -0.39 is 0 Å². The smallest absolute Gasteiger partial charge is 0.244 e. The summed E-state index contributed by atoms with van der Waals surface area (Å²) in [6, 6.07) is 15.0. The van der Waals surface area contributed by atoms with E-state index >= 15 is 0 Å². The zero-order valence-electron chi connectivity index (χ0n) is 14.5. The normalized spacial score (nSPS) is 20.4. The maximum Gasteiger partial charge on any atom is 0.244 e. The summed E-state index contributed by atoms with van der Waals surface area (Å²) >= 11 is 6.26. The molecule has 1 aliphatic heterocycles. The molecule has 1 N–H and O–H groups in total. The van der Waals surface area contributed by atoms with Gasteiger partial charge in [0.15, 0.2) is 0 Å². The second-order valence-corrected chi connectivity index (χ2v) is 7.48. The highest BCUT2D eigenvalue weighted by atomic mass is 35.5. The number of anilines is 1. The van der Waals surface area contributed by atoms with Crippen LogP contribution in [-0.2, 0) is 9.59 Å². The topological polar surface area (TPSA) is 49.4 Å². The van der Waals surface area contributed by atoms with Crippen LogP contribution < -0.4 is 5.32 Å². The highest BCUT2D eigenvalue weighted by molar-refractivity contribution is 6.30. The van der Waals surface area contributed by atoms with E-state index in [0.29, 0.717) is 5.02 Å². The van der Waals surface area contributed by atoms with Gasteiger partial charge >= 0.3 is 0 Å². The highest BCUT2D eigenvalue weighted by Gasteiger charge is 2.37.